The second-order valence-electron chi connectivity index (χ2n) is 4.43. The monoisotopic (exact) mass is 348 g/mol. The van der Waals surface area contributed by atoms with Gasteiger partial charge in [-0.2, -0.15) is 5.10 Å². The van der Waals surface area contributed by atoms with Crippen molar-refractivity contribution in [3.8, 4) is 5.69 Å². The fourth-order valence-electron chi connectivity index (χ4n) is 1.99. The Balaban J connectivity index is 1.78. The van der Waals surface area contributed by atoms with Gasteiger partial charge in [-0.1, -0.05) is 18.2 Å². The lowest BCUT2D eigenvalue weighted by Gasteiger charge is -2.07. The molecule has 0 aliphatic heterocycles. The van der Waals surface area contributed by atoms with Crippen LogP contribution in [0.25, 0.3) is 5.69 Å². The van der Waals surface area contributed by atoms with E-state index in [4.69, 9.17) is 0 Å². The van der Waals surface area contributed by atoms with E-state index in [1.165, 1.54) is 0 Å². The van der Waals surface area contributed by atoms with Gasteiger partial charge in [-0.05, 0) is 45.6 Å². The molecule has 1 unspecified atom stereocenters. The molecule has 0 saturated heterocycles. The maximum Gasteiger partial charge on any atom is 0.103 e. The molecule has 2 heterocycles. The molecular formula is C15H13BrN2OS. The van der Waals surface area contributed by atoms with Gasteiger partial charge < -0.3 is 5.11 Å². The SMILES string of the molecule is OC(Cc1sccc1Br)c1ccn(-c2ccccc2)n1. The number of para-hydroxylation sites is 1. The average Bonchev–Trinajstić information content (AvgIpc) is 3.10. The zero-order chi connectivity index (χ0) is 13.9. The molecule has 0 spiro atoms. The molecule has 0 bridgehead atoms. The molecule has 0 fully saturated rings. The van der Waals surface area contributed by atoms with Gasteiger partial charge in [0, 0.05) is 22.0 Å². The smallest absolute Gasteiger partial charge is 0.103 e. The lowest BCUT2D eigenvalue weighted by atomic mass is 10.2. The summed E-state index contributed by atoms with van der Waals surface area (Å²) in [6, 6.07) is 13.7. The van der Waals surface area contributed by atoms with Gasteiger partial charge in [0.2, 0.25) is 0 Å². The predicted octanol–water partition coefficient (Wildman–Crippen LogP) is 3.97. The van der Waals surface area contributed by atoms with Crippen LogP contribution in [-0.2, 0) is 6.42 Å². The Bertz CT molecular complexity index is 693. The first-order valence-corrected chi connectivity index (χ1v) is 7.92. The molecule has 3 aromatic rings. The molecule has 0 aliphatic rings. The van der Waals surface area contributed by atoms with Gasteiger partial charge in [0.1, 0.15) is 6.10 Å². The maximum absolute atomic E-state index is 10.3. The van der Waals surface area contributed by atoms with Gasteiger partial charge in [-0.15, -0.1) is 11.3 Å². The van der Waals surface area contributed by atoms with Crippen molar-refractivity contribution in [2.45, 2.75) is 12.5 Å². The lowest BCUT2D eigenvalue weighted by Crippen LogP contribution is -2.03. The van der Waals surface area contributed by atoms with Crippen LogP contribution < -0.4 is 0 Å². The van der Waals surface area contributed by atoms with Gasteiger partial charge in [0.25, 0.3) is 0 Å². The zero-order valence-electron chi connectivity index (χ0n) is 10.6. The Morgan fingerprint density at radius 2 is 2.00 bits per heavy atom. The summed E-state index contributed by atoms with van der Waals surface area (Å²) in [6.45, 7) is 0. The van der Waals surface area contributed by atoms with Crippen molar-refractivity contribution < 1.29 is 5.11 Å². The first-order valence-electron chi connectivity index (χ1n) is 6.25. The Morgan fingerprint density at radius 3 is 2.70 bits per heavy atom. The van der Waals surface area contributed by atoms with Crippen LogP contribution in [0.1, 0.15) is 16.7 Å². The molecule has 102 valence electrons. The van der Waals surface area contributed by atoms with Crippen molar-refractivity contribution >= 4 is 27.3 Å². The number of nitrogens with zero attached hydrogens (tertiary/aromatic N) is 2. The van der Waals surface area contributed by atoms with E-state index in [-0.39, 0.29) is 0 Å². The molecule has 5 heteroatoms. The van der Waals surface area contributed by atoms with Crippen LogP contribution in [0.15, 0.2) is 58.5 Å². The van der Waals surface area contributed by atoms with E-state index in [1.807, 2.05) is 54.0 Å². The Morgan fingerprint density at radius 1 is 1.20 bits per heavy atom. The van der Waals surface area contributed by atoms with E-state index in [0.29, 0.717) is 12.1 Å². The molecule has 1 atom stereocenters. The van der Waals surface area contributed by atoms with Gasteiger partial charge in [0.15, 0.2) is 0 Å². The molecular weight excluding hydrogens is 336 g/mol. The first kappa shape index (κ1) is 13.5. The number of halogens is 1. The lowest BCUT2D eigenvalue weighted by molar-refractivity contribution is 0.174. The Labute approximate surface area is 129 Å². The molecule has 20 heavy (non-hydrogen) atoms. The normalized spacial score (nSPS) is 12.5. The topological polar surface area (TPSA) is 38.0 Å². The highest BCUT2D eigenvalue weighted by Crippen LogP contribution is 2.27. The van der Waals surface area contributed by atoms with Gasteiger partial charge in [-0.3, -0.25) is 0 Å². The van der Waals surface area contributed by atoms with Crippen molar-refractivity contribution in [1.82, 2.24) is 9.78 Å². The van der Waals surface area contributed by atoms with Crippen LogP contribution >= 0.6 is 27.3 Å². The summed E-state index contributed by atoms with van der Waals surface area (Å²) in [5.41, 5.74) is 1.68. The standard InChI is InChI=1S/C15H13BrN2OS/c16-12-7-9-20-15(12)10-14(19)13-6-8-18(17-13)11-4-2-1-3-5-11/h1-9,14,19H,10H2. The molecule has 0 amide bonds. The van der Waals surface area contributed by atoms with E-state index in [1.54, 1.807) is 16.0 Å². The van der Waals surface area contributed by atoms with Gasteiger partial charge in [0.05, 0.1) is 11.4 Å². The third-order valence-corrected chi connectivity index (χ3v) is 4.99. The number of aliphatic hydroxyl groups excluding tert-OH is 1. The average molecular weight is 349 g/mol. The van der Waals surface area contributed by atoms with Crippen LogP contribution in [0.2, 0.25) is 0 Å². The Hall–Kier alpha value is -1.43. The number of thiophene rings is 1. The quantitative estimate of drug-likeness (QED) is 0.774. The minimum atomic E-state index is -0.588. The van der Waals surface area contributed by atoms with Crippen molar-refractivity contribution in [1.29, 1.82) is 0 Å². The summed E-state index contributed by atoms with van der Waals surface area (Å²) in [7, 11) is 0. The van der Waals surface area contributed by atoms with Crippen LogP contribution in [0.5, 0.6) is 0 Å². The molecule has 0 saturated carbocycles. The van der Waals surface area contributed by atoms with Crippen LogP contribution in [0.4, 0.5) is 0 Å². The highest BCUT2D eigenvalue weighted by molar-refractivity contribution is 9.10. The van der Waals surface area contributed by atoms with Crippen LogP contribution in [0, 0.1) is 0 Å². The van der Waals surface area contributed by atoms with E-state index in [9.17, 15) is 5.11 Å². The van der Waals surface area contributed by atoms with E-state index >= 15 is 0 Å². The zero-order valence-corrected chi connectivity index (χ0v) is 13.0. The number of benzene rings is 1. The summed E-state index contributed by atoms with van der Waals surface area (Å²) in [5.74, 6) is 0. The van der Waals surface area contributed by atoms with E-state index < -0.39 is 6.10 Å². The van der Waals surface area contributed by atoms with Gasteiger partial charge >= 0.3 is 0 Å². The minimum absolute atomic E-state index is 0.573. The fourth-order valence-corrected chi connectivity index (χ4v) is 3.54. The number of aliphatic hydroxyl groups is 1. The summed E-state index contributed by atoms with van der Waals surface area (Å²) >= 11 is 5.12. The molecule has 3 nitrogen and oxygen atoms in total. The van der Waals surface area contributed by atoms with Crippen molar-refractivity contribution in [2.24, 2.45) is 0 Å². The second-order valence-corrected chi connectivity index (χ2v) is 6.29. The van der Waals surface area contributed by atoms with Crippen LogP contribution in [-0.4, -0.2) is 14.9 Å². The predicted molar refractivity (Wildman–Crippen MR) is 84.2 cm³/mol. The van der Waals surface area contributed by atoms with Crippen molar-refractivity contribution in [3.05, 3.63) is 69.1 Å². The van der Waals surface area contributed by atoms with E-state index in [0.717, 1.165) is 15.0 Å². The second kappa shape index (κ2) is 5.91. The maximum atomic E-state index is 10.3. The molecule has 1 N–H and O–H groups in total. The number of rotatable bonds is 4. The molecule has 2 aromatic heterocycles. The summed E-state index contributed by atoms with van der Waals surface area (Å²) in [4.78, 5) is 1.13. The number of aromatic nitrogens is 2. The summed E-state index contributed by atoms with van der Waals surface area (Å²) in [6.07, 6.45) is 1.86. The largest absolute Gasteiger partial charge is 0.386 e. The molecule has 1 aromatic carbocycles. The van der Waals surface area contributed by atoms with Gasteiger partial charge in [-0.25, -0.2) is 4.68 Å². The molecule has 3 rings (SSSR count). The summed E-state index contributed by atoms with van der Waals surface area (Å²) in [5, 5.41) is 16.7. The summed E-state index contributed by atoms with van der Waals surface area (Å²) < 4.78 is 2.83. The fraction of sp³-hybridized carbons (Fsp3) is 0.133. The molecule has 0 aliphatic carbocycles. The number of hydrogen-bond acceptors (Lipinski definition) is 3. The van der Waals surface area contributed by atoms with Crippen molar-refractivity contribution in [2.75, 3.05) is 0 Å². The third-order valence-electron chi connectivity index (χ3n) is 3.04. The highest BCUT2D eigenvalue weighted by atomic mass is 79.9. The Kier molecular flexibility index (Phi) is 4.00. The molecule has 0 radical (unpaired) electrons. The third kappa shape index (κ3) is 2.85. The highest BCUT2D eigenvalue weighted by Gasteiger charge is 2.14. The number of hydrogen-bond donors (Lipinski definition) is 1. The van der Waals surface area contributed by atoms with Crippen molar-refractivity contribution in [3.63, 3.8) is 0 Å². The van der Waals surface area contributed by atoms with Crippen LogP contribution in [0.3, 0.4) is 0 Å². The first-order chi connectivity index (χ1) is 9.74. The van der Waals surface area contributed by atoms with E-state index in [2.05, 4.69) is 21.0 Å². The minimum Gasteiger partial charge on any atom is -0.386 e.